The van der Waals surface area contributed by atoms with Crippen molar-refractivity contribution in [3.8, 4) is 16.9 Å². The largest absolute Gasteiger partial charge is 0.515 e. The minimum absolute atomic E-state index is 0.262. The molecule has 3 rings (SSSR count). The van der Waals surface area contributed by atoms with Gasteiger partial charge in [-0.15, -0.1) is 0 Å². The minimum Gasteiger partial charge on any atom is -0.515 e. The zero-order valence-corrected chi connectivity index (χ0v) is 13.1. The molecule has 6 radical (unpaired) electrons. The summed E-state index contributed by atoms with van der Waals surface area (Å²) in [7, 11) is 14.9. The number of rotatable bonds is 4. The second kappa shape index (κ2) is 6.46. The number of nitrogens with zero attached hydrogens (tertiary/aromatic N) is 2. The lowest BCUT2D eigenvalue weighted by atomic mass is 9.52. The molecule has 0 saturated heterocycles. The molecule has 4 N–H and O–H groups in total. The molecule has 0 aliphatic heterocycles. The number of hydrogen-bond donors (Lipinski definition) is 3. The van der Waals surface area contributed by atoms with Crippen LogP contribution in [0.3, 0.4) is 0 Å². The first-order valence-corrected chi connectivity index (χ1v) is 7.31. The summed E-state index contributed by atoms with van der Waals surface area (Å²) in [5.74, 6) is 0.271. The first-order valence-electron chi connectivity index (χ1n) is 7.31. The molecule has 1 heterocycles. The number of hydrogen-bond acceptors (Lipinski definition) is 6. The summed E-state index contributed by atoms with van der Waals surface area (Å²) in [4.78, 5) is 0. The Morgan fingerprint density at radius 1 is 1.08 bits per heavy atom. The Hall–Kier alpha value is -2.44. The smallest absolute Gasteiger partial charge is 0.488 e. The number of benzene rings is 2. The second-order valence-electron chi connectivity index (χ2n) is 5.62. The highest BCUT2D eigenvalue weighted by molar-refractivity contribution is 6.59. The zero-order chi connectivity index (χ0) is 18.2. The molecule has 2 aromatic carbocycles. The number of anilines is 1. The second-order valence-corrected chi connectivity index (χ2v) is 5.62. The molecular formula is C15H11B4N3O3. The van der Waals surface area contributed by atoms with E-state index in [1.54, 1.807) is 18.2 Å². The van der Waals surface area contributed by atoms with Crippen molar-refractivity contribution in [3.63, 3.8) is 0 Å². The van der Waals surface area contributed by atoms with Crippen molar-refractivity contribution in [2.75, 3.05) is 5.73 Å². The van der Waals surface area contributed by atoms with Crippen molar-refractivity contribution in [2.45, 2.75) is 5.30 Å². The van der Waals surface area contributed by atoms with Crippen LogP contribution in [0.5, 0.6) is 5.75 Å². The summed E-state index contributed by atoms with van der Waals surface area (Å²) < 4.78 is 5.37. The molecule has 0 amide bonds. The topological polar surface area (TPSA) is 101 Å². The maximum absolute atomic E-state index is 9.43. The Kier molecular flexibility index (Phi) is 4.49. The van der Waals surface area contributed by atoms with Crippen molar-refractivity contribution < 1.29 is 14.8 Å². The van der Waals surface area contributed by atoms with Crippen LogP contribution in [0.2, 0.25) is 0 Å². The van der Waals surface area contributed by atoms with Crippen molar-refractivity contribution in [1.82, 2.24) is 10.2 Å². The van der Waals surface area contributed by atoms with Gasteiger partial charge in [0.1, 0.15) is 29.3 Å². The van der Waals surface area contributed by atoms with Crippen LogP contribution in [0.15, 0.2) is 42.6 Å². The van der Waals surface area contributed by atoms with Gasteiger partial charge < -0.3 is 20.5 Å². The SMILES string of the molecule is [B]C([B])([B])Oc1ccc(B(O)O)cc1-c1ccc2c(N)cnnc2c1. The lowest BCUT2D eigenvalue weighted by Crippen LogP contribution is -2.38. The van der Waals surface area contributed by atoms with Crippen LogP contribution < -0.4 is 15.9 Å². The van der Waals surface area contributed by atoms with E-state index in [1.165, 1.54) is 24.4 Å². The van der Waals surface area contributed by atoms with Crippen LogP contribution in [-0.2, 0) is 0 Å². The fourth-order valence-electron chi connectivity index (χ4n) is 2.46. The van der Waals surface area contributed by atoms with Gasteiger partial charge in [-0.2, -0.15) is 10.2 Å². The normalized spacial score (nSPS) is 11.4. The molecule has 25 heavy (non-hydrogen) atoms. The third-order valence-electron chi connectivity index (χ3n) is 3.57. The number of nitrogens with two attached hydrogens (primary N) is 1. The van der Waals surface area contributed by atoms with E-state index in [9.17, 15) is 10.0 Å². The van der Waals surface area contributed by atoms with Crippen LogP contribution in [0, 0.1) is 0 Å². The third kappa shape index (κ3) is 3.80. The average molecular weight is 325 g/mol. The first-order chi connectivity index (χ1) is 11.7. The highest BCUT2D eigenvalue weighted by atomic mass is 16.5. The Balaban J connectivity index is 2.18. The van der Waals surface area contributed by atoms with Crippen LogP contribution in [0.4, 0.5) is 5.69 Å². The lowest BCUT2D eigenvalue weighted by molar-refractivity contribution is 0.320. The van der Waals surface area contributed by atoms with E-state index >= 15 is 0 Å². The monoisotopic (exact) mass is 325 g/mol. The van der Waals surface area contributed by atoms with Crippen molar-refractivity contribution in [3.05, 3.63) is 42.6 Å². The zero-order valence-electron chi connectivity index (χ0n) is 13.1. The molecular weight excluding hydrogens is 313 g/mol. The van der Waals surface area contributed by atoms with Gasteiger partial charge in [0, 0.05) is 10.9 Å². The van der Waals surface area contributed by atoms with E-state index in [0.717, 1.165) is 5.39 Å². The van der Waals surface area contributed by atoms with Gasteiger partial charge >= 0.3 is 7.12 Å². The fourth-order valence-corrected chi connectivity index (χ4v) is 2.46. The summed E-state index contributed by atoms with van der Waals surface area (Å²) in [6, 6.07) is 9.80. The van der Waals surface area contributed by atoms with Crippen LogP contribution in [0.1, 0.15) is 0 Å². The number of nitrogen functional groups attached to an aromatic ring is 1. The van der Waals surface area contributed by atoms with E-state index in [0.29, 0.717) is 22.3 Å². The Labute approximate surface area is 148 Å². The van der Waals surface area contributed by atoms with Crippen LogP contribution in [0.25, 0.3) is 22.0 Å². The van der Waals surface area contributed by atoms with E-state index < -0.39 is 12.4 Å². The van der Waals surface area contributed by atoms with Gasteiger partial charge in [-0.05, 0) is 34.5 Å². The van der Waals surface area contributed by atoms with Crippen molar-refractivity contribution in [2.24, 2.45) is 0 Å². The molecule has 0 aliphatic carbocycles. The Morgan fingerprint density at radius 3 is 2.52 bits per heavy atom. The van der Waals surface area contributed by atoms with E-state index in [4.69, 9.17) is 34.0 Å². The summed E-state index contributed by atoms with van der Waals surface area (Å²) in [6.45, 7) is 0. The van der Waals surface area contributed by atoms with E-state index in [1.807, 2.05) is 0 Å². The molecule has 0 fully saturated rings. The minimum atomic E-state index is -1.89. The molecule has 0 bridgehead atoms. The molecule has 1 aromatic heterocycles. The van der Waals surface area contributed by atoms with Crippen molar-refractivity contribution >= 4 is 52.7 Å². The quantitative estimate of drug-likeness (QED) is 0.535. The highest BCUT2D eigenvalue weighted by Gasteiger charge is 2.19. The first kappa shape index (κ1) is 17.4. The molecule has 10 heteroatoms. The Morgan fingerprint density at radius 2 is 1.84 bits per heavy atom. The Bertz CT molecular complexity index is 932. The predicted octanol–water partition coefficient (Wildman–Crippen LogP) is -0.946. The molecule has 0 spiro atoms. The summed E-state index contributed by atoms with van der Waals surface area (Å²) in [5.41, 5.74) is 8.37. The van der Waals surface area contributed by atoms with Gasteiger partial charge in [-0.1, -0.05) is 18.2 Å². The standard InChI is InChI=1S/C15H11B4N3O3/c16-15(17,18)25-14-4-2-9(19(23)24)6-11(14)8-1-3-10-12(20)7-21-22-13(10)5-8/h1-7,23-24H,(H2,20,22). The maximum atomic E-state index is 9.43. The van der Waals surface area contributed by atoms with Gasteiger partial charge in [0.15, 0.2) is 0 Å². The van der Waals surface area contributed by atoms with Gasteiger partial charge in [0.25, 0.3) is 0 Å². The van der Waals surface area contributed by atoms with Gasteiger partial charge in [0.2, 0.25) is 0 Å². The van der Waals surface area contributed by atoms with Gasteiger partial charge in [0.05, 0.1) is 17.4 Å². The molecule has 6 nitrogen and oxygen atoms in total. The average Bonchev–Trinajstić information content (AvgIpc) is 2.53. The number of ether oxygens (including phenoxy) is 1. The summed E-state index contributed by atoms with van der Waals surface area (Å²) in [6.07, 6.45) is 1.46. The molecule has 0 saturated carbocycles. The molecule has 116 valence electrons. The molecule has 0 atom stereocenters. The van der Waals surface area contributed by atoms with E-state index in [-0.39, 0.29) is 11.2 Å². The van der Waals surface area contributed by atoms with Gasteiger partial charge in [-0.25, -0.2) is 0 Å². The van der Waals surface area contributed by atoms with E-state index in [2.05, 4.69) is 10.2 Å². The van der Waals surface area contributed by atoms with Crippen LogP contribution in [-0.4, -0.2) is 56.2 Å². The van der Waals surface area contributed by atoms with Gasteiger partial charge in [-0.3, -0.25) is 0 Å². The number of aromatic nitrogens is 2. The van der Waals surface area contributed by atoms with Crippen LogP contribution >= 0.6 is 0 Å². The molecule has 0 unspecified atom stereocenters. The lowest BCUT2D eigenvalue weighted by Gasteiger charge is -2.25. The predicted molar refractivity (Wildman–Crippen MR) is 99.8 cm³/mol. The number of fused-ring (bicyclic) bond motifs is 1. The third-order valence-corrected chi connectivity index (χ3v) is 3.57. The summed E-state index contributed by atoms with van der Waals surface area (Å²) >= 11 is 0. The highest BCUT2D eigenvalue weighted by Crippen LogP contribution is 2.32. The molecule has 3 aromatic rings. The van der Waals surface area contributed by atoms with Crippen molar-refractivity contribution in [1.29, 1.82) is 0 Å². The molecule has 0 aliphatic rings. The maximum Gasteiger partial charge on any atom is 0.488 e. The summed E-state index contributed by atoms with van der Waals surface area (Å²) in [5, 5.41) is 25.6. The fraction of sp³-hybridized carbons (Fsp3) is 0.0667.